The third-order valence-corrected chi connectivity index (χ3v) is 6.83. The molecule has 1 atom stereocenters. The highest BCUT2D eigenvalue weighted by atomic mass is 35.5. The first-order valence-electron chi connectivity index (χ1n) is 8.61. The van der Waals surface area contributed by atoms with Crippen LogP contribution in [0.1, 0.15) is 46.1 Å². The lowest BCUT2D eigenvalue weighted by Crippen LogP contribution is -2.21. The number of halogens is 1. The Hall–Kier alpha value is -1.55. The van der Waals surface area contributed by atoms with Crippen LogP contribution in [-0.4, -0.2) is 4.57 Å². The van der Waals surface area contributed by atoms with Crippen molar-refractivity contribution in [2.75, 3.05) is 0 Å². The summed E-state index contributed by atoms with van der Waals surface area (Å²) in [6, 6.07) is 12.8. The SMILES string of the molecule is Clc1ccc([C@H]2NCc3c(sc4c3CCCC4)-n3cccc32)cc1. The summed E-state index contributed by atoms with van der Waals surface area (Å²) in [6.07, 6.45) is 7.38. The minimum absolute atomic E-state index is 0.205. The Labute approximate surface area is 151 Å². The van der Waals surface area contributed by atoms with Crippen molar-refractivity contribution in [2.24, 2.45) is 0 Å². The molecule has 0 spiro atoms. The molecule has 0 bridgehead atoms. The molecule has 1 aromatic carbocycles. The fraction of sp³-hybridized carbons (Fsp3) is 0.300. The molecule has 1 N–H and O–H groups in total. The third-order valence-electron chi connectivity index (χ3n) is 5.24. The molecule has 4 heteroatoms. The van der Waals surface area contributed by atoms with Gasteiger partial charge < -0.3 is 9.88 Å². The van der Waals surface area contributed by atoms with E-state index in [-0.39, 0.29) is 6.04 Å². The van der Waals surface area contributed by atoms with Crippen molar-refractivity contribution >= 4 is 22.9 Å². The molecule has 24 heavy (non-hydrogen) atoms. The van der Waals surface area contributed by atoms with E-state index in [0.717, 1.165) is 11.6 Å². The lowest BCUT2D eigenvalue weighted by Gasteiger charge is -2.19. The molecule has 0 saturated heterocycles. The first-order chi connectivity index (χ1) is 11.8. The predicted molar refractivity (Wildman–Crippen MR) is 100 cm³/mol. The molecule has 1 aliphatic heterocycles. The standard InChI is InChI=1S/C20H19ClN2S/c21-14-9-7-13(8-10-14)19-17-5-3-11-23(17)20-16(12-22-19)15-4-1-2-6-18(15)24-20/h3,5,7-11,19,22H,1-2,4,6,12H2/t19-/m1/s1. The summed E-state index contributed by atoms with van der Waals surface area (Å²) in [6.45, 7) is 0.941. The van der Waals surface area contributed by atoms with E-state index in [4.69, 9.17) is 11.6 Å². The van der Waals surface area contributed by atoms with Crippen LogP contribution in [0.15, 0.2) is 42.6 Å². The van der Waals surface area contributed by atoms with Gasteiger partial charge in [0.1, 0.15) is 5.00 Å². The van der Waals surface area contributed by atoms with Crippen LogP contribution in [0.25, 0.3) is 5.00 Å². The summed E-state index contributed by atoms with van der Waals surface area (Å²) in [4.78, 5) is 1.61. The number of aromatic nitrogens is 1. The number of benzene rings is 1. The lowest BCUT2D eigenvalue weighted by molar-refractivity contribution is 0.595. The van der Waals surface area contributed by atoms with E-state index in [1.807, 2.05) is 23.5 Å². The molecule has 0 fully saturated rings. The molecule has 2 nitrogen and oxygen atoms in total. The van der Waals surface area contributed by atoms with Crippen LogP contribution in [0, 0.1) is 0 Å². The van der Waals surface area contributed by atoms with Crippen LogP contribution in [0.2, 0.25) is 5.02 Å². The predicted octanol–water partition coefficient (Wildman–Crippen LogP) is 5.26. The summed E-state index contributed by atoms with van der Waals surface area (Å²) in [5.74, 6) is 0. The largest absolute Gasteiger partial charge is 0.310 e. The summed E-state index contributed by atoms with van der Waals surface area (Å²) < 4.78 is 2.40. The molecule has 0 unspecified atom stereocenters. The third kappa shape index (κ3) is 2.26. The number of nitrogens with zero attached hydrogens (tertiary/aromatic N) is 1. The first-order valence-corrected chi connectivity index (χ1v) is 9.80. The lowest BCUT2D eigenvalue weighted by atomic mass is 9.95. The van der Waals surface area contributed by atoms with Crippen molar-refractivity contribution in [3.05, 3.63) is 74.9 Å². The van der Waals surface area contributed by atoms with E-state index >= 15 is 0 Å². The van der Waals surface area contributed by atoms with Gasteiger partial charge in [-0.1, -0.05) is 23.7 Å². The zero-order chi connectivity index (χ0) is 16.1. The van der Waals surface area contributed by atoms with Gasteiger partial charge in [-0.15, -0.1) is 11.3 Å². The second-order valence-electron chi connectivity index (χ2n) is 6.66. The highest BCUT2D eigenvalue weighted by Crippen LogP contribution is 2.40. The van der Waals surface area contributed by atoms with Gasteiger partial charge in [0, 0.05) is 33.9 Å². The molecule has 3 heterocycles. The number of rotatable bonds is 1. The van der Waals surface area contributed by atoms with Gasteiger partial charge in [-0.05, 0) is 61.1 Å². The number of fused-ring (bicyclic) bond motifs is 5. The van der Waals surface area contributed by atoms with E-state index in [0.29, 0.717) is 0 Å². The average Bonchev–Trinajstić information content (AvgIpc) is 3.18. The normalized spacial score (nSPS) is 19.3. The molecule has 0 radical (unpaired) electrons. The van der Waals surface area contributed by atoms with E-state index in [1.165, 1.54) is 47.5 Å². The maximum absolute atomic E-state index is 6.07. The second kappa shape index (κ2) is 5.76. The van der Waals surface area contributed by atoms with Gasteiger partial charge >= 0.3 is 0 Å². The number of hydrogen-bond donors (Lipinski definition) is 1. The molecular formula is C20H19ClN2S. The Bertz CT molecular complexity index is 891. The number of aryl methyl sites for hydroxylation is 1. The molecule has 1 aliphatic carbocycles. The molecule has 0 amide bonds. The molecule has 2 aromatic heterocycles. The van der Waals surface area contributed by atoms with Gasteiger partial charge in [0.2, 0.25) is 0 Å². The zero-order valence-electron chi connectivity index (χ0n) is 13.4. The van der Waals surface area contributed by atoms with Crippen LogP contribution in [-0.2, 0) is 19.4 Å². The molecule has 0 saturated carbocycles. The van der Waals surface area contributed by atoms with Crippen LogP contribution in [0.3, 0.4) is 0 Å². The summed E-state index contributed by atoms with van der Waals surface area (Å²) in [5.41, 5.74) is 5.71. The van der Waals surface area contributed by atoms with Crippen molar-refractivity contribution < 1.29 is 0 Å². The summed E-state index contributed by atoms with van der Waals surface area (Å²) in [7, 11) is 0. The van der Waals surface area contributed by atoms with Gasteiger partial charge in [0.15, 0.2) is 0 Å². The maximum atomic E-state index is 6.07. The van der Waals surface area contributed by atoms with Crippen molar-refractivity contribution in [2.45, 2.75) is 38.3 Å². The van der Waals surface area contributed by atoms with E-state index in [2.05, 4.69) is 40.3 Å². The highest BCUT2D eigenvalue weighted by molar-refractivity contribution is 7.15. The Kier molecular flexibility index (Phi) is 3.55. The quantitative estimate of drug-likeness (QED) is 0.630. The minimum atomic E-state index is 0.205. The maximum Gasteiger partial charge on any atom is 0.104 e. The number of nitrogens with one attached hydrogen (secondary N) is 1. The van der Waals surface area contributed by atoms with Gasteiger partial charge in [-0.3, -0.25) is 0 Å². The zero-order valence-corrected chi connectivity index (χ0v) is 15.0. The molecule has 2 aliphatic rings. The van der Waals surface area contributed by atoms with Crippen molar-refractivity contribution in [1.29, 1.82) is 0 Å². The smallest absolute Gasteiger partial charge is 0.104 e. The van der Waals surface area contributed by atoms with Gasteiger partial charge in [0.25, 0.3) is 0 Å². The van der Waals surface area contributed by atoms with Crippen molar-refractivity contribution in [3.8, 4) is 5.00 Å². The first kappa shape index (κ1) is 14.8. The van der Waals surface area contributed by atoms with Gasteiger partial charge in [0.05, 0.1) is 6.04 Å². The summed E-state index contributed by atoms with van der Waals surface area (Å²) in [5, 5.41) is 6.00. The molecule has 122 valence electrons. The van der Waals surface area contributed by atoms with E-state index in [9.17, 15) is 0 Å². The Balaban J connectivity index is 1.64. The number of hydrogen-bond acceptors (Lipinski definition) is 2. The fourth-order valence-corrected chi connectivity index (χ4v) is 5.60. The Morgan fingerprint density at radius 1 is 1.04 bits per heavy atom. The second-order valence-corrected chi connectivity index (χ2v) is 8.18. The molecule has 3 aromatic rings. The fourth-order valence-electron chi connectivity index (χ4n) is 4.06. The van der Waals surface area contributed by atoms with Crippen molar-refractivity contribution in [3.63, 3.8) is 0 Å². The average molecular weight is 355 g/mol. The van der Waals surface area contributed by atoms with Gasteiger partial charge in [-0.2, -0.15) is 0 Å². The number of thiophene rings is 1. The van der Waals surface area contributed by atoms with Crippen LogP contribution in [0.5, 0.6) is 0 Å². The monoisotopic (exact) mass is 354 g/mol. The van der Waals surface area contributed by atoms with Gasteiger partial charge in [-0.25, -0.2) is 0 Å². The Morgan fingerprint density at radius 2 is 1.88 bits per heavy atom. The Morgan fingerprint density at radius 3 is 2.75 bits per heavy atom. The van der Waals surface area contributed by atoms with E-state index < -0.39 is 0 Å². The molecular weight excluding hydrogens is 336 g/mol. The summed E-state index contributed by atoms with van der Waals surface area (Å²) >= 11 is 8.07. The topological polar surface area (TPSA) is 17.0 Å². The minimum Gasteiger partial charge on any atom is -0.310 e. The van der Waals surface area contributed by atoms with Crippen molar-refractivity contribution in [1.82, 2.24) is 9.88 Å². The van der Waals surface area contributed by atoms with E-state index in [1.54, 1.807) is 10.4 Å². The highest BCUT2D eigenvalue weighted by Gasteiger charge is 2.28. The molecule has 5 rings (SSSR count). The van der Waals surface area contributed by atoms with Crippen LogP contribution in [0.4, 0.5) is 0 Å². The van der Waals surface area contributed by atoms with Crippen LogP contribution >= 0.6 is 22.9 Å². The van der Waals surface area contributed by atoms with Crippen LogP contribution < -0.4 is 5.32 Å².